The number of fused-ring (bicyclic) bond motifs is 1. The summed E-state index contributed by atoms with van der Waals surface area (Å²) in [5.41, 5.74) is 1.37. The molecular weight excluding hydrogens is 346 g/mol. The maximum atomic E-state index is 12.9. The van der Waals surface area contributed by atoms with E-state index in [1.54, 1.807) is 11.1 Å². The molecule has 1 aromatic heterocycles. The topological polar surface area (TPSA) is 72.0 Å². The number of hydrogen-bond acceptors (Lipinski definition) is 5. The molecule has 0 aliphatic carbocycles. The van der Waals surface area contributed by atoms with Crippen LogP contribution in [-0.2, 0) is 19.1 Å². The molecule has 0 bridgehead atoms. The fraction of sp³-hybridized carbons (Fsp3) is 0.450. The molecule has 4 rings (SSSR count). The van der Waals surface area contributed by atoms with Crippen LogP contribution in [0.2, 0.25) is 0 Å². The number of piperidine rings is 1. The molecule has 0 unspecified atom stereocenters. The van der Waals surface area contributed by atoms with Crippen molar-refractivity contribution in [1.29, 1.82) is 0 Å². The number of amides is 2. The summed E-state index contributed by atoms with van der Waals surface area (Å²) in [5, 5.41) is 0.934. The molecule has 27 heavy (non-hydrogen) atoms. The number of hydrogen-bond donors (Lipinski definition) is 0. The van der Waals surface area contributed by atoms with Gasteiger partial charge in [-0.2, -0.15) is 0 Å². The Morgan fingerprint density at radius 3 is 2.56 bits per heavy atom. The first-order chi connectivity index (χ1) is 13.1. The van der Waals surface area contributed by atoms with Crippen molar-refractivity contribution >= 4 is 28.4 Å². The summed E-state index contributed by atoms with van der Waals surface area (Å²) in [7, 11) is 0. The van der Waals surface area contributed by atoms with Gasteiger partial charge in [-0.15, -0.1) is 0 Å². The van der Waals surface area contributed by atoms with E-state index in [4.69, 9.17) is 9.47 Å². The van der Waals surface area contributed by atoms with Gasteiger partial charge in [-0.3, -0.25) is 14.6 Å². The number of para-hydroxylation sites is 1. The highest BCUT2D eigenvalue weighted by molar-refractivity contribution is 6.04. The lowest BCUT2D eigenvalue weighted by Gasteiger charge is -2.38. The highest BCUT2D eigenvalue weighted by Crippen LogP contribution is 2.31. The smallest absolute Gasteiger partial charge is 0.242 e. The first-order valence-electron chi connectivity index (χ1n) is 9.26. The Hall–Kier alpha value is -2.51. The van der Waals surface area contributed by atoms with Crippen molar-refractivity contribution in [3.8, 4) is 0 Å². The fourth-order valence-corrected chi connectivity index (χ4v) is 3.79. The van der Waals surface area contributed by atoms with E-state index in [1.165, 1.54) is 11.8 Å². The van der Waals surface area contributed by atoms with Crippen molar-refractivity contribution in [1.82, 2.24) is 9.88 Å². The minimum Gasteiger partial charge on any atom is -0.347 e. The van der Waals surface area contributed by atoms with E-state index in [2.05, 4.69) is 4.98 Å². The van der Waals surface area contributed by atoms with Gasteiger partial charge >= 0.3 is 0 Å². The largest absolute Gasteiger partial charge is 0.347 e. The van der Waals surface area contributed by atoms with E-state index < -0.39 is 5.79 Å². The van der Waals surface area contributed by atoms with Crippen molar-refractivity contribution in [2.24, 2.45) is 0 Å². The first kappa shape index (κ1) is 17.9. The fourth-order valence-electron chi connectivity index (χ4n) is 3.79. The monoisotopic (exact) mass is 369 g/mol. The SMILES string of the molecule is CC(=O)N(CC(=O)N1CCC2(CC1)OCCO2)c1cccc2cccnc12. The number of ether oxygens (including phenoxy) is 2. The Morgan fingerprint density at radius 1 is 1.15 bits per heavy atom. The number of benzene rings is 1. The maximum Gasteiger partial charge on any atom is 0.242 e. The van der Waals surface area contributed by atoms with Gasteiger partial charge in [0.15, 0.2) is 5.79 Å². The van der Waals surface area contributed by atoms with E-state index in [0.29, 0.717) is 50.3 Å². The van der Waals surface area contributed by atoms with Crippen molar-refractivity contribution in [2.75, 3.05) is 37.7 Å². The molecule has 2 saturated heterocycles. The molecule has 2 aliphatic rings. The Kier molecular flexibility index (Phi) is 4.80. The molecule has 0 N–H and O–H groups in total. The molecule has 7 nitrogen and oxygen atoms in total. The summed E-state index contributed by atoms with van der Waals surface area (Å²) in [6, 6.07) is 9.44. The molecule has 0 atom stereocenters. The average Bonchev–Trinajstić information content (AvgIpc) is 3.14. The molecule has 0 radical (unpaired) electrons. The Labute approximate surface area is 157 Å². The second-order valence-electron chi connectivity index (χ2n) is 6.95. The molecule has 2 aliphatic heterocycles. The molecule has 3 heterocycles. The van der Waals surface area contributed by atoms with Crippen molar-refractivity contribution < 1.29 is 19.1 Å². The summed E-state index contributed by atoms with van der Waals surface area (Å²) in [5.74, 6) is -0.778. The van der Waals surface area contributed by atoms with Crippen LogP contribution in [0.5, 0.6) is 0 Å². The minimum atomic E-state index is -0.517. The van der Waals surface area contributed by atoms with Gasteiger partial charge in [-0.05, 0) is 12.1 Å². The molecule has 7 heteroatoms. The molecule has 142 valence electrons. The number of carbonyl (C=O) groups excluding carboxylic acids is 2. The third-order valence-corrected chi connectivity index (χ3v) is 5.27. The van der Waals surface area contributed by atoms with Gasteiger partial charge in [-0.25, -0.2) is 0 Å². The number of likely N-dealkylation sites (tertiary alicyclic amines) is 1. The summed E-state index contributed by atoms with van der Waals surface area (Å²) in [4.78, 5) is 32.8. The predicted molar refractivity (Wildman–Crippen MR) is 100 cm³/mol. The van der Waals surface area contributed by atoms with Crippen LogP contribution in [0, 0.1) is 0 Å². The minimum absolute atomic E-state index is 0.000263. The van der Waals surface area contributed by atoms with Crippen LogP contribution in [-0.4, -0.2) is 60.3 Å². The lowest BCUT2D eigenvalue weighted by Crippen LogP contribution is -2.50. The quantitative estimate of drug-likeness (QED) is 0.827. The molecule has 1 aromatic carbocycles. The molecule has 0 saturated carbocycles. The van der Waals surface area contributed by atoms with Crippen molar-refractivity contribution in [3.05, 3.63) is 36.5 Å². The second-order valence-corrected chi connectivity index (χ2v) is 6.95. The molecule has 2 amide bonds. The van der Waals surface area contributed by atoms with Crippen LogP contribution in [0.4, 0.5) is 5.69 Å². The van der Waals surface area contributed by atoms with Gasteiger partial charge in [0.05, 0.1) is 24.4 Å². The summed E-state index contributed by atoms with van der Waals surface area (Å²) < 4.78 is 11.4. The molecular formula is C20H23N3O4. The van der Waals surface area contributed by atoms with E-state index >= 15 is 0 Å². The van der Waals surface area contributed by atoms with Gasteiger partial charge in [0.25, 0.3) is 0 Å². The third-order valence-electron chi connectivity index (χ3n) is 5.27. The first-order valence-corrected chi connectivity index (χ1v) is 9.26. The maximum absolute atomic E-state index is 12.9. The number of rotatable bonds is 3. The summed E-state index contributed by atoms with van der Waals surface area (Å²) in [6.45, 7) is 3.83. The second kappa shape index (κ2) is 7.25. The number of carbonyl (C=O) groups is 2. The predicted octanol–water partition coefficient (Wildman–Crippen LogP) is 1.95. The van der Waals surface area contributed by atoms with Gasteiger partial charge in [0, 0.05) is 44.4 Å². The standard InChI is InChI=1S/C20H23N3O4/c1-15(24)23(17-6-2-4-16-5-3-9-21-19(16)17)14-18(25)22-10-7-20(8-11-22)26-12-13-27-20/h2-6,9H,7-8,10-14H2,1H3. The van der Waals surface area contributed by atoms with E-state index in [9.17, 15) is 9.59 Å². The van der Waals surface area contributed by atoms with Crippen LogP contribution in [0.1, 0.15) is 19.8 Å². The van der Waals surface area contributed by atoms with Crippen LogP contribution >= 0.6 is 0 Å². The van der Waals surface area contributed by atoms with E-state index in [1.807, 2.05) is 30.3 Å². The number of anilines is 1. The Bertz CT molecular complexity index is 848. The summed E-state index contributed by atoms with van der Waals surface area (Å²) >= 11 is 0. The van der Waals surface area contributed by atoms with Crippen molar-refractivity contribution in [2.45, 2.75) is 25.6 Å². The van der Waals surface area contributed by atoms with Crippen molar-refractivity contribution in [3.63, 3.8) is 0 Å². The van der Waals surface area contributed by atoms with Gasteiger partial charge in [0.1, 0.15) is 6.54 Å². The lowest BCUT2D eigenvalue weighted by atomic mass is 10.0. The number of aromatic nitrogens is 1. The highest BCUT2D eigenvalue weighted by atomic mass is 16.7. The van der Waals surface area contributed by atoms with Crippen LogP contribution in [0.25, 0.3) is 10.9 Å². The van der Waals surface area contributed by atoms with Crippen LogP contribution in [0.15, 0.2) is 36.5 Å². The third kappa shape index (κ3) is 3.52. The number of nitrogens with zero attached hydrogens (tertiary/aromatic N) is 3. The zero-order valence-electron chi connectivity index (χ0n) is 15.4. The highest BCUT2D eigenvalue weighted by Gasteiger charge is 2.41. The zero-order chi connectivity index (χ0) is 18.9. The number of pyridine rings is 1. The van der Waals surface area contributed by atoms with Gasteiger partial charge < -0.3 is 19.3 Å². The Morgan fingerprint density at radius 2 is 1.85 bits per heavy atom. The van der Waals surface area contributed by atoms with Gasteiger partial charge in [-0.1, -0.05) is 18.2 Å². The average molecular weight is 369 g/mol. The van der Waals surface area contributed by atoms with E-state index in [-0.39, 0.29) is 18.4 Å². The Balaban J connectivity index is 1.50. The molecule has 1 spiro atoms. The van der Waals surface area contributed by atoms with Crippen LogP contribution in [0.3, 0.4) is 0 Å². The summed E-state index contributed by atoms with van der Waals surface area (Å²) in [6.07, 6.45) is 3.01. The lowest BCUT2D eigenvalue weighted by molar-refractivity contribution is -0.187. The van der Waals surface area contributed by atoms with Crippen LogP contribution < -0.4 is 4.90 Å². The normalized spacial score (nSPS) is 18.8. The molecule has 2 aromatic rings. The van der Waals surface area contributed by atoms with E-state index in [0.717, 1.165) is 5.39 Å². The zero-order valence-corrected chi connectivity index (χ0v) is 15.4. The van der Waals surface area contributed by atoms with Gasteiger partial charge in [0.2, 0.25) is 11.8 Å². The molecule has 2 fully saturated rings.